The molecule has 74 valence electrons. The molecule has 3 heteroatoms. The Balaban J connectivity index is 2.38. The predicted octanol–water partition coefficient (Wildman–Crippen LogP) is 1.53. The van der Waals surface area contributed by atoms with Crippen LogP contribution in [-0.4, -0.2) is 24.8 Å². The van der Waals surface area contributed by atoms with Gasteiger partial charge in [0.15, 0.2) is 0 Å². The third-order valence-corrected chi connectivity index (χ3v) is 2.38. The van der Waals surface area contributed by atoms with Gasteiger partial charge in [-0.05, 0) is 13.3 Å². The highest BCUT2D eigenvalue weighted by Crippen LogP contribution is 2.27. The number of ether oxygens (including phenoxy) is 2. The van der Waals surface area contributed by atoms with Crippen LogP contribution >= 0.6 is 0 Å². The molecule has 3 nitrogen and oxygen atoms in total. The van der Waals surface area contributed by atoms with E-state index in [4.69, 9.17) is 9.47 Å². The van der Waals surface area contributed by atoms with Gasteiger partial charge in [0.2, 0.25) is 0 Å². The maximum absolute atomic E-state index is 10.9. The number of hydrogen-bond donors (Lipinski definition) is 0. The maximum atomic E-state index is 10.9. The summed E-state index contributed by atoms with van der Waals surface area (Å²) < 4.78 is 10.3. The minimum Gasteiger partial charge on any atom is -0.459 e. The number of rotatable bonds is 5. The molecule has 0 aromatic rings. The van der Waals surface area contributed by atoms with Gasteiger partial charge in [0.25, 0.3) is 0 Å². The fraction of sp³-hybridized carbons (Fsp3) is 0.700. The third-order valence-electron chi connectivity index (χ3n) is 2.38. The van der Waals surface area contributed by atoms with Gasteiger partial charge < -0.3 is 9.47 Å². The van der Waals surface area contributed by atoms with Crippen molar-refractivity contribution < 1.29 is 14.3 Å². The van der Waals surface area contributed by atoms with Crippen molar-refractivity contribution in [3.63, 3.8) is 0 Å². The van der Waals surface area contributed by atoms with Crippen LogP contribution in [0.4, 0.5) is 0 Å². The van der Waals surface area contributed by atoms with E-state index >= 15 is 0 Å². The summed E-state index contributed by atoms with van der Waals surface area (Å²) in [5.74, 6) is -0.0319. The summed E-state index contributed by atoms with van der Waals surface area (Å²) in [4.78, 5) is 10.9. The second-order valence-corrected chi connectivity index (χ2v) is 3.29. The fourth-order valence-electron chi connectivity index (χ4n) is 1.52. The molecule has 0 bridgehead atoms. The number of carbonyl (C=O) groups excluding carboxylic acids is 1. The van der Waals surface area contributed by atoms with Crippen molar-refractivity contribution in [3.8, 4) is 0 Å². The first-order chi connectivity index (χ1) is 6.19. The van der Waals surface area contributed by atoms with Gasteiger partial charge in [0.05, 0.1) is 12.7 Å². The largest absolute Gasteiger partial charge is 0.459 e. The minimum absolute atomic E-state index is 0.0806. The van der Waals surface area contributed by atoms with Gasteiger partial charge in [0, 0.05) is 12.0 Å². The van der Waals surface area contributed by atoms with Gasteiger partial charge >= 0.3 is 5.97 Å². The average molecular weight is 184 g/mol. The van der Waals surface area contributed by atoms with Gasteiger partial charge in [-0.3, -0.25) is 0 Å². The first kappa shape index (κ1) is 10.3. The summed E-state index contributed by atoms with van der Waals surface area (Å²) >= 11 is 0. The Morgan fingerprint density at radius 3 is 2.85 bits per heavy atom. The lowest BCUT2D eigenvalue weighted by molar-refractivity contribution is -0.145. The molecule has 1 aliphatic heterocycles. The second-order valence-electron chi connectivity index (χ2n) is 3.29. The molecule has 0 spiro atoms. The van der Waals surface area contributed by atoms with Crippen LogP contribution in [0.1, 0.15) is 20.3 Å². The van der Waals surface area contributed by atoms with Gasteiger partial charge in [-0.25, -0.2) is 4.79 Å². The Kier molecular flexibility index (Phi) is 3.48. The zero-order valence-corrected chi connectivity index (χ0v) is 8.16. The lowest BCUT2D eigenvalue weighted by atomic mass is 9.97. The van der Waals surface area contributed by atoms with E-state index < -0.39 is 0 Å². The van der Waals surface area contributed by atoms with Crippen molar-refractivity contribution in [1.82, 2.24) is 0 Å². The third kappa shape index (κ3) is 2.84. The molecule has 1 saturated heterocycles. The van der Waals surface area contributed by atoms with E-state index in [1.54, 1.807) is 0 Å². The molecule has 0 aromatic heterocycles. The van der Waals surface area contributed by atoms with Crippen LogP contribution in [-0.2, 0) is 14.3 Å². The molecule has 0 amide bonds. The van der Waals surface area contributed by atoms with Crippen LogP contribution in [0.15, 0.2) is 12.7 Å². The molecule has 0 aliphatic carbocycles. The second kappa shape index (κ2) is 4.42. The molecule has 3 atom stereocenters. The van der Waals surface area contributed by atoms with Crippen LogP contribution in [0, 0.1) is 5.92 Å². The van der Waals surface area contributed by atoms with Crippen LogP contribution in [0.3, 0.4) is 0 Å². The summed E-state index contributed by atoms with van der Waals surface area (Å²) in [5, 5.41) is 0. The van der Waals surface area contributed by atoms with E-state index in [2.05, 4.69) is 13.5 Å². The summed E-state index contributed by atoms with van der Waals surface area (Å²) in [6.07, 6.45) is 2.37. The molecule has 1 rings (SSSR count). The predicted molar refractivity (Wildman–Crippen MR) is 49.3 cm³/mol. The molecule has 13 heavy (non-hydrogen) atoms. The smallest absolute Gasteiger partial charge is 0.330 e. The quantitative estimate of drug-likeness (QED) is 0.369. The first-order valence-electron chi connectivity index (χ1n) is 4.63. The van der Waals surface area contributed by atoms with Gasteiger partial charge in [-0.15, -0.1) is 0 Å². The van der Waals surface area contributed by atoms with E-state index in [0.717, 1.165) is 13.0 Å². The number of carbonyl (C=O) groups is 1. The highest BCUT2D eigenvalue weighted by molar-refractivity contribution is 5.81. The van der Waals surface area contributed by atoms with E-state index in [-0.39, 0.29) is 18.2 Å². The van der Waals surface area contributed by atoms with Crippen LogP contribution < -0.4 is 0 Å². The van der Waals surface area contributed by atoms with Crippen molar-refractivity contribution in [2.75, 3.05) is 6.61 Å². The molecule has 3 unspecified atom stereocenters. The zero-order valence-electron chi connectivity index (χ0n) is 8.16. The fourth-order valence-corrected chi connectivity index (χ4v) is 1.52. The first-order valence-corrected chi connectivity index (χ1v) is 4.63. The van der Waals surface area contributed by atoms with E-state index in [0.29, 0.717) is 5.92 Å². The average Bonchev–Trinajstić information content (AvgIpc) is 2.89. The molecule has 0 saturated carbocycles. The molecule has 1 aliphatic rings. The highest BCUT2D eigenvalue weighted by atomic mass is 16.6. The molecule has 0 aromatic carbocycles. The van der Waals surface area contributed by atoms with E-state index in [1.807, 2.05) is 6.92 Å². The van der Waals surface area contributed by atoms with Gasteiger partial charge in [-0.1, -0.05) is 13.5 Å². The van der Waals surface area contributed by atoms with Crippen molar-refractivity contribution >= 4 is 5.97 Å². The SMILES string of the molecule is C=CC(=O)OC(C)C(CC)C1CO1. The molecule has 0 radical (unpaired) electrons. The van der Waals surface area contributed by atoms with Crippen LogP contribution in [0.25, 0.3) is 0 Å². The van der Waals surface area contributed by atoms with Crippen molar-refractivity contribution in [2.45, 2.75) is 32.5 Å². The Morgan fingerprint density at radius 1 is 1.85 bits per heavy atom. The maximum Gasteiger partial charge on any atom is 0.330 e. The van der Waals surface area contributed by atoms with Gasteiger partial charge in [0.1, 0.15) is 6.10 Å². The standard InChI is InChI=1S/C10H16O3/c1-4-8(9-6-12-9)7(3)13-10(11)5-2/h5,7-9H,2,4,6H2,1,3H3. The van der Waals surface area contributed by atoms with E-state index in [1.165, 1.54) is 6.08 Å². The summed E-state index contributed by atoms with van der Waals surface area (Å²) in [7, 11) is 0. The molecular weight excluding hydrogens is 168 g/mol. The minimum atomic E-state index is -0.355. The number of epoxide rings is 1. The van der Waals surface area contributed by atoms with Crippen molar-refractivity contribution in [3.05, 3.63) is 12.7 Å². The van der Waals surface area contributed by atoms with Crippen molar-refractivity contribution in [1.29, 1.82) is 0 Å². The highest BCUT2D eigenvalue weighted by Gasteiger charge is 2.36. The summed E-state index contributed by atoms with van der Waals surface area (Å²) in [6.45, 7) is 8.13. The lowest BCUT2D eigenvalue weighted by Crippen LogP contribution is -2.26. The van der Waals surface area contributed by atoms with Crippen LogP contribution in [0.5, 0.6) is 0 Å². The molecule has 1 fully saturated rings. The van der Waals surface area contributed by atoms with Gasteiger partial charge in [-0.2, -0.15) is 0 Å². The molecule has 1 heterocycles. The summed E-state index contributed by atoms with van der Waals surface area (Å²) in [6, 6.07) is 0. The Labute approximate surface area is 78.7 Å². The normalized spacial score (nSPS) is 24.6. The van der Waals surface area contributed by atoms with Crippen LogP contribution in [0.2, 0.25) is 0 Å². The number of esters is 1. The number of hydrogen-bond acceptors (Lipinski definition) is 3. The topological polar surface area (TPSA) is 38.8 Å². The Hall–Kier alpha value is -0.830. The lowest BCUT2D eigenvalue weighted by Gasteiger charge is -2.20. The molecular formula is C10H16O3. The monoisotopic (exact) mass is 184 g/mol. The Bertz CT molecular complexity index is 196. The summed E-state index contributed by atoms with van der Waals surface area (Å²) in [5.41, 5.74) is 0. The van der Waals surface area contributed by atoms with Crippen molar-refractivity contribution in [2.24, 2.45) is 5.92 Å². The Morgan fingerprint density at radius 2 is 2.46 bits per heavy atom. The zero-order chi connectivity index (χ0) is 9.84. The molecule has 0 N–H and O–H groups in total. The van der Waals surface area contributed by atoms with E-state index in [9.17, 15) is 4.79 Å².